The highest BCUT2D eigenvalue weighted by molar-refractivity contribution is 7.89. The minimum Gasteiger partial charge on any atom is -0.272 e. The predicted molar refractivity (Wildman–Crippen MR) is 94.1 cm³/mol. The van der Waals surface area contributed by atoms with Crippen LogP contribution in [-0.4, -0.2) is 38.4 Å². The lowest BCUT2D eigenvalue weighted by Crippen LogP contribution is -2.36. The molecule has 0 bridgehead atoms. The van der Waals surface area contributed by atoms with Gasteiger partial charge in [0.15, 0.2) is 0 Å². The molecule has 1 atom stereocenters. The standard InChI is InChI=1S/C17H23N3O3S/c1-14-8-10-16(11-9-14)24(22,23)20(2)13-17(21)19-18-12-15-6-4-3-5-7-15/h3-4,8-12,15H,5-7,13H2,1-2H3,(H,19,21)/b18-12-/t15-/m1/s1. The van der Waals surface area contributed by atoms with Gasteiger partial charge in [-0.15, -0.1) is 0 Å². The van der Waals surface area contributed by atoms with Gasteiger partial charge < -0.3 is 0 Å². The van der Waals surface area contributed by atoms with Gasteiger partial charge in [-0.05, 0) is 44.2 Å². The molecule has 6 nitrogen and oxygen atoms in total. The van der Waals surface area contributed by atoms with Gasteiger partial charge in [0.05, 0.1) is 11.4 Å². The van der Waals surface area contributed by atoms with Crippen molar-refractivity contribution in [2.45, 2.75) is 31.1 Å². The molecule has 0 aromatic heterocycles. The Morgan fingerprint density at radius 2 is 2.04 bits per heavy atom. The molecule has 130 valence electrons. The Hall–Kier alpha value is -1.99. The largest absolute Gasteiger partial charge is 0.272 e. The van der Waals surface area contributed by atoms with Crippen LogP contribution in [0.25, 0.3) is 0 Å². The summed E-state index contributed by atoms with van der Waals surface area (Å²) in [7, 11) is -2.31. The summed E-state index contributed by atoms with van der Waals surface area (Å²) in [5, 5.41) is 3.93. The molecule has 1 aromatic rings. The molecule has 0 heterocycles. The Balaban J connectivity index is 1.89. The monoisotopic (exact) mass is 349 g/mol. The molecule has 2 rings (SSSR count). The molecule has 1 aliphatic rings. The number of nitrogens with zero attached hydrogens (tertiary/aromatic N) is 2. The first kappa shape index (κ1) is 18.4. The molecule has 1 aliphatic carbocycles. The maximum atomic E-state index is 12.4. The highest BCUT2D eigenvalue weighted by Gasteiger charge is 2.22. The van der Waals surface area contributed by atoms with E-state index in [1.807, 2.05) is 6.92 Å². The zero-order valence-corrected chi connectivity index (χ0v) is 14.8. The third-order valence-electron chi connectivity index (χ3n) is 3.88. The lowest BCUT2D eigenvalue weighted by atomic mass is 9.96. The Labute approximate surface area is 143 Å². The molecular weight excluding hydrogens is 326 g/mol. The van der Waals surface area contributed by atoms with E-state index in [0.717, 1.165) is 29.1 Å². The number of benzene rings is 1. The lowest BCUT2D eigenvalue weighted by molar-refractivity contribution is -0.121. The van der Waals surface area contributed by atoms with Crippen molar-refractivity contribution in [2.24, 2.45) is 11.0 Å². The fourth-order valence-corrected chi connectivity index (χ4v) is 3.51. The van der Waals surface area contributed by atoms with Gasteiger partial charge in [0, 0.05) is 13.3 Å². The molecule has 24 heavy (non-hydrogen) atoms. The topological polar surface area (TPSA) is 78.8 Å². The number of sulfonamides is 1. The third-order valence-corrected chi connectivity index (χ3v) is 5.70. The molecule has 0 fully saturated rings. The van der Waals surface area contributed by atoms with Crippen LogP contribution in [0.2, 0.25) is 0 Å². The van der Waals surface area contributed by atoms with Crippen LogP contribution in [-0.2, 0) is 14.8 Å². The van der Waals surface area contributed by atoms with Crippen molar-refractivity contribution < 1.29 is 13.2 Å². The van der Waals surface area contributed by atoms with Crippen LogP contribution in [0.1, 0.15) is 24.8 Å². The van der Waals surface area contributed by atoms with Crippen LogP contribution in [0.5, 0.6) is 0 Å². The summed E-state index contributed by atoms with van der Waals surface area (Å²) in [5.41, 5.74) is 3.37. The number of nitrogens with one attached hydrogen (secondary N) is 1. The first-order chi connectivity index (χ1) is 11.4. The summed E-state index contributed by atoms with van der Waals surface area (Å²) in [4.78, 5) is 12.0. The van der Waals surface area contributed by atoms with E-state index < -0.39 is 15.9 Å². The highest BCUT2D eigenvalue weighted by Crippen LogP contribution is 2.16. The quantitative estimate of drug-likeness (QED) is 0.485. The normalized spacial score (nSPS) is 18.2. The third kappa shape index (κ3) is 5.01. The number of allylic oxidation sites excluding steroid dienone is 2. The first-order valence-corrected chi connectivity index (χ1v) is 9.33. The number of carbonyl (C=O) groups excluding carboxylic acids is 1. The second kappa shape index (κ2) is 8.21. The number of aryl methyl sites for hydroxylation is 1. The van der Waals surface area contributed by atoms with Crippen molar-refractivity contribution in [3.63, 3.8) is 0 Å². The number of hydrazone groups is 1. The number of rotatable bonds is 6. The Bertz CT molecular complexity index is 724. The molecule has 7 heteroatoms. The maximum absolute atomic E-state index is 12.4. The number of amides is 1. The van der Waals surface area contributed by atoms with Crippen molar-refractivity contribution >= 4 is 22.1 Å². The molecule has 0 unspecified atom stereocenters. The summed E-state index contributed by atoms with van der Waals surface area (Å²) in [6, 6.07) is 6.52. The molecule has 0 saturated heterocycles. The lowest BCUT2D eigenvalue weighted by Gasteiger charge is -2.16. The van der Waals surface area contributed by atoms with Gasteiger partial charge >= 0.3 is 0 Å². The summed E-state index contributed by atoms with van der Waals surface area (Å²) in [5.74, 6) is -0.139. The minimum atomic E-state index is -3.68. The van der Waals surface area contributed by atoms with Crippen LogP contribution >= 0.6 is 0 Å². The summed E-state index contributed by atoms with van der Waals surface area (Å²) in [6.07, 6.45) is 8.90. The summed E-state index contributed by atoms with van der Waals surface area (Å²) >= 11 is 0. The Morgan fingerprint density at radius 3 is 2.67 bits per heavy atom. The van der Waals surface area contributed by atoms with E-state index in [1.54, 1.807) is 18.3 Å². The molecular formula is C17H23N3O3S. The fourth-order valence-electron chi connectivity index (χ4n) is 2.38. The van der Waals surface area contributed by atoms with Gasteiger partial charge in [0.25, 0.3) is 5.91 Å². The van der Waals surface area contributed by atoms with Crippen molar-refractivity contribution in [3.05, 3.63) is 42.0 Å². The Kier molecular flexibility index (Phi) is 6.28. The first-order valence-electron chi connectivity index (χ1n) is 7.89. The van der Waals surface area contributed by atoms with E-state index in [9.17, 15) is 13.2 Å². The van der Waals surface area contributed by atoms with Crippen LogP contribution in [0, 0.1) is 12.8 Å². The summed E-state index contributed by atoms with van der Waals surface area (Å²) in [6.45, 7) is 1.60. The molecule has 0 saturated carbocycles. The number of hydrogen-bond acceptors (Lipinski definition) is 4. The van der Waals surface area contributed by atoms with Crippen LogP contribution in [0.15, 0.2) is 46.4 Å². The van der Waals surface area contributed by atoms with Gasteiger partial charge in [0.1, 0.15) is 0 Å². The van der Waals surface area contributed by atoms with Crippen LogP contribution in [0.3, 0.4) is 0 Å². The second-order valence-electron chi connectivity index (χ2n) is 5.93. The number of carbonyl (C=O) groups is 1. The molecule has 0 aliphatic heterocycles. The van der Waals surface area contributed by atoms with Gasteiger partial charge in [0.2, 0.25) is 10.0 Å². The van der Waals surface area contributed by atoms with E-state index in [-0.39, 0.29) is 11.4 Å². The fraction of sp³-hybridized carbons (Fsp3) is 0.412. The van der Waals surface area contributed by atoms with E-state index in [1.165, 1.54) is 19.2 Å². The summed E-state index contributed by atoms with van der Waals surface area (Å²) < 4.78 is 25.8. The van der Waals surface area contributed by atoms with Gasteiger partial charge in [-0.25, -0.2) is 13.8 Å². The predicted octanol–water partition coefficient (Wildman–Crippen LogP) is 2.07. The second-order valence-corrected chi connectivity index (χ2v) is 7.98. The Morgan fingerprint density at radius 1 is 1.33 bits per heavy atom. The van der Waals surface area contributed by atoms with Crippen LogP contribution in [0.4, 0.5) is 0 Å². The van der Waals surface area contributed by atoms with Crippen molar-refractivity contribution in [3.8, 4) is 0 Å². The SMILES string of the molecule is Cc1ccc(S(=O)(=O)N(C)CC(=O)N/N=C\[C@@H]2CC=CCC2)cc1. The van der Waals surface area contributed by atoms with Gasteiger partial charge in [-0.2, -0.15) is 9.41 Å². The zero-order valence-electron chi connectivity index (χ0n) is 14.0. The average molecular weight is 349 g/mol. The smallest absolute Gasteiger partial charge is 0.255 e. The van der Waals surface area contributed by atoms with Gasteiger partial charge in [-0.1, -0.05) is 29.8 Å². The zero-order chi connectivity index (χ0) is 17.6. The molecule has 1 N–H and O–H groups in total. The van der Waals surface area contributed by atoms with Crippen LogP contribution < -0.4 is 5.43 Å². The maximum Gasteiger partial charge on any atom is 0.255 e. The van der Waals surface area contributed by atoms with E-state index in [0.29, 0.717) is 5.92 Å². The van der Waals surface area contributed by atoms with E-state index >= 15 is 0 Å². The van der Waals surface area contributed by atoms with E-state index in [2.05, 4.69) is 22.7 Å². The molecule has 0 spiro atoms. The van der Waals surface area contributed by atoms with Crippen molar-refractivity contribution in [2.75, 3.05) is 13.6 Å². The van der Waals surface area contributed by atoms with Gasteiger partial charge in [-0.3, -0.25) is 4.79 Å². The van der Waals surface area contributed by atoms with Crippen molar-refractivity contribution in [1.82, 2.24) is 9.73 Å². The molecule has 0 radical (unpaired) electrons. The van der Waals surface area contributed by atoms with E-state index in [4.69, 9.17) is 0 Å². The molecule has 1 amide bonds. The minimum absolute atomic E-state index is 0.167. The highest BCUT2D eigenvalue weighted by atomic mass is 32.2. The van der Waals surface area contributed by atoms with Crippen molar-refractivity contribution in [1.29, 1.82) is 0 Å². The average Bonchev–Trinajstić information content (AvgIpc) is 2.56. The number of likely N-dealkylation sites (N-methyl/N-ethyl adjacent to an activating group) is 1. The number of hydrogen-bond donors (Lipinski definition) is 1. The molecule has 1 aromatic carbocycles.